The maximum Gasteiger partial charge on any atom is 0.320 e. The first-order valence-electron chi connectivity index (χ1n) is 14.8. The van der Waals surface area contributed by atoms with Crippen LogP contribution in [0.5, 0.6) is 0 Å². The van der Waals surface area contributed by atoms with Crippen molar-refractivity contribution < 1.29 is 18.7 Å². The van der Waals surface area contributed by atoms with E-state index in [1.165, 1.54) is 43.7 Å². The number of aliphatic carboxylic acids is 1. The molecule has 0 spiro atoms. The lowest BCUT2D eigenvalue weighted by Crippen LogP contribution is -2.41. The summed E-state index contributed by atoms with van der Waals surface area (Å²) in [4.78, 5) is 20.4. The topological polar surface area (TPSA) is 69.8 Å². The molecule has 2 unspecified atom stereocenters. The van der Waals surface area contributed by atoms with E-state index in [9.17, 15) is 14.3 Å². The molecule has 3 aromatic rings. The van der Waals surface area contributed by atoms with Gasteiger partial charge in [-0.1, -0.05) is 61.7 Å². The van der Waals surface area contributed by atoms with Gasteiger partial charge in [-0.2, -0.15) is 0 Å². The van der Waals surface area contributed by atoms with Crippen molar-refractivity contribution in [3.05, 3.63) is 89.4 Å². The van der Waals surface area contributed by atoms with E-state index in [0.29, 0.717) is 11.8 Å². The van der Waals surface area contributed by atoms with Crippen molar-refractivity contribution in [3.8, 4) is 0 Å². The third-order valence-electron chi connectivity index (χ3n) is 8.94. The molecule has 2 atom stereocenters. The molecule has 6 rings (SSSR count). The summed E-state index contributed by atoms with van der Waals surface area (Å²) in [7, 11) is 2.18. The quantitative estimate of drug-likeness (QED) is 0.355. The first-order valence-corrected chi connectivity index (χ1v) is 14.8. The molecule has 7 heteroatoms. The third-order valence-corrected chi connectivity index (χ3v) is 8.94. The van der Waals surface area contributed by atoms with Crippen LogP contribution in [0.1, 0.15) is 79.6 Å². The minimum absolute atomic E-state index is 0.213. The molecular weight excluding hydrogens is 505 g/mol. The van der Waals surface area contributed by atoms with E-state index in [2.05, 4.69) is 46.1 Å². The molecule has 2 saturated heterocycles. The van der Waals surface area contributed by atoms with Crippen LogP contribution in [-0.2, 0) is 11.2 Å². The van der Waals surface area contributed by atoms with Crippen molar-refractivity contribution in [1.82, 2.24) is 14.8 Å². The number of likely N-dealkylation sites (tertiary alicyclic amines) is 2. The molecular formula is C33H42FN3O3. The van der Waals surface area contributed by atoms with E-state index in [-0.39, 0.29) is 17.8 Å². The van der Waals surface area contributed by atoms with Gasteiger partial charge in [-0.25, -0.2) is 9.37 Å². The molecule has 1 saturated carbocycles. The number of rotatable bonds is 8. The van der Waals surface area contributed by atoms with Crippen LogP contribution < -0.4 is 0 Å². The summed E-state index contributed by atoms with van der Waals surface area (Å²) >= 11 is 0. The zero-order chi connectivity index (χ0) is 27.9. The second-order valence-electron chi connectivity index (χ2n) is 11.8. The van der Waals surface area contributed by atoms with E-state index in [4.69, 9.17) is 4.42 Å². The lowest BCUT2D eigenvalue weighted by atomic mass is 9.80. The van der Waals surface area contributed by atoms with Crippen LogP contribution in [0.2, 0.25) is 0 Å². The molecule has 214 valence electrons. The van der Waals surface area contributed by atoms with Gasteiger partial charge in [0, 0.05) is 18.9 Å². The van der Waals surface area contributed by atoms with Crippen LogP contribution >= 0.6 is 0 Å². The Bertz CT molecular complexity index is 1220. The number of hydrogen-bond donors (Lipinski definition) is 1. The summed E-state index contributed by atoms with van der Waals surface area (Å²) in [6.07, 6.45) is 10.3. The van der Waals surface area contributed by atoms with Gasteiger partial charge in [0.25, 0.3) is 0 Å². The van der Waals surface area contributed by atoms with Gasteiger partial charge in [-0.05, 0) is 87.5 Å². The Morgan fingerprint density at radius 2 is 1.77 bits per heavy atom. The van der Waals surface area contributed by atoms with Gasteiger partial charge < -0.3 is 14.4 Å². The SMILES string of the molecule is CN1CCC(c2cnc(Cc3ccccc3)o2)CC1.O=C(O)C(CC1CCC1)N1CCC(c2cccc(F)c2)C1. The number of piperidine rings is 1. The normalized spacial score (nSPS) is 21.4. The Hall–Kier alpha value is -3.03. The molecule has 3 fully saturated rings. The highest BCUT2D eigenvalue weighted by molar-refractivity contribution is 5.73. The van der Waals surface area contributed by atoms with E-state index in [1.807, 2.05) is 18.3 Å². The number of halogens is 1. The van der Waals surface area contributed by atoms with Gasteiger partial charge in [0.05, 0.1) is 6.20 Å². The van der Waals surface area contributed by atoms with E-state index in [0.717, 1.165) is 62.7 Å². The molecule has 40 heavy (non-hydrogen) atoms. The van der Waals surface area contributed by atoms with Crippen LogP contribution in [0.3, 0.4) is 0 Å². The van der Waals surface area contributed by atoms with Crippen LogP contribution in [0, 0.1) is 11.7 Å². The second kappa shape index (κ2) is 13.6. The molecule has 2 aliphatic heterocycles. The number of aromatic nitrogens is 1. The van der Waals surface area contributed by atoms with Gasteiger partial charge in [0.15, 0.2) is 5.89 Å². The summed E-state index contributed by atoms with van der Waals surface area (Å²) in [5, 5.41) is 9.50. The molecule has 1 N–H and O–H groups in total. The Balaban J connectivity index is 0.000000162. The Labute approximate surface area is 237 Å². The molecule has 0 amide bonds. The highest BCUT2D eigenvalue weighted by Crippen LogP contribution is 2.35. The fourth-order valence-electron chi connectivity index (χ4n) is 6.21. The van der Waals surface area contributed by atoms with Crippen LogP contribution in [-0.4, -0.2) is 65.1 Å². The van der Waals surface area contributed by atoms with Crippen molar-refractivity contribution in [2.24, 2.45) is 5.92 Å². The summed E-state index contributed by atoms with van der Waals surface area (Å²) in [5.41, 5.74) is 2.24. The lowest BCUT2D eigenvalue weighted by Gasteiger charge is -2.32. The number of carbonyl (C=O) groups is 1. The molecule has 3 heterocycles. The molecule has 0 radical (unpaired) electrons. The van der Waals surface area contributed by atoms with Crippen molar-refractivity contribution in [3.63, 3.8) is 0 Å². The summed E-state index contributed by atoms with van der Waals surface area (Å²) in [6, 6.07) is 16.7. The predicted molar refractivity (Wildman–Crippen MR) is 154 cm³/mol. The third kappa shape index (κ3) is 7.58. The molecule has 6 nitrogen and oxygen atoms in total. The highest BCUT2D eigenvalue weighted by atomic mass is 19.1. The van der Waals surface area contributed by atoms with E-state index >= 15 is 0 Å². The number of benzene rings is 2. The van der Waals surface area contributed by atoms with Gasteiger partial charge in [-0.3, -0.25) is 9.69 Å². The lowest BCUT2D eigenvalue weighted by molar-refractivity contribution is -0.143. The maximum atomic E-state index is 13.3. The standard InChI is InChI=1S/C17H22FNO2.C16H20N2O/c18-15-6-2-5-13(10-15)14-7-8-19(11-14)16(17(20)21)9-12-3-1-4-12;1-18-9-7-14(8-10-18)15-12-17-16(19-15)11-13-5-3-2-4-6-13/h2,5-6,10,12,14,16H,1,3-4,7-9,11H2,(H,20,21);2-6,12,14H,7-11H2,1H3. The highest BCUT2D eigenvalue weighted by Gasteiger charge is 2.35. The summed E-state index contributed by atoms with van der Waals surface area (Å²) in [6.45, 7) is 3.83. The monoisotopic (exact) mass is 547 g/mol. The predicted octanol–water partition coefficient (Wildman–Crippen LogP) is 6.33. The van der Waals surface area contributed by atoms with Gasteiger partial charge >= 0.3 is 5.97 Å². The molecule has 2 aromatic carbocycles. The van der Waals surface area contributed by atoms with Crippen LogP contribution in [0.25, 0.3) is 0 Å². The van der Waals surface area contributed by atoms with Crippen LogP contribution in [0.4, 0.5) is 4.39 Å². The Morgan fingerprint density at radius 3 is 2.45 bits per heavy atom. The average Bonchev–Trinajstić information content (AvgIpc) is 3.60. The van der Waals surface area contributed by atoms with Crippen molar-refractivity contribution in [2.45, 2.75) is 69.2 Å². The Morgan fingerprint density at radius 1 is 1.02 bits per heavy atom. The first kappa shape index (κ1) is 28.5. The first-order chi connectivity index (χ1) is 19.4. The molecule has 1 aliphatic carbocycles. The number of carboxylic acids is 1. The zero-order valence-corrected chi connectivity index (χ0v) is 23.6. The van der Waals surface area contributed by atoms with E-state index < -0.39 is 5.97 Å². The van der Waals surface area contributed by atoms with Gasteiger partial charge in [-0.15, -0.1) is 0 Å². The largest absolute Gasteiger partial charge is 0.480 e. The smallest absolute Gasteiger partial charge is 0.320 e. The van der Waals surface area contributed by atoms with Crippen LogP contribution in [0.15, 0.2) is 65.2 Å². The number of nitrogens with zero attached hydrogens (tertiary/aromatic N) is 3. The minimum Gasteiger partial charge on any atom is -0.480 e. The maximum absolute atomic E-state index is 13.3. The number of carboxylic acid groups (broad SMARTS) is 1. The van der Waals surface area contributed by atoms with Gasteiger partial charge in [0.2, 0.25) is 0 Å². The summed E-state index contributed by atoms with van der Waals surface area (Å²) < 4.78 is 19.3. The van der Waals surface area contributed by atoms with Crippen molar-refractivity contribution in [1.29, 1.82) is 0 Å². The minimum atomic E-state index is -0.707. The van der Waals surface area contributed by atoms with E-state index in [1.54, 1.807) is 12.1 Å². The van der Waals surface area contributed by atoms with Crippen molar-refractivity contribution >= 4 is 5.97 Å². The second-order valence-corrected chi connectivity index (χ2v) is 11.8. The fraction of sp³-hybridized carbons (Fsp3) is 0.515. The number of oxazole rings is 1. The average molecular weight is 548 g/mol. The fourth-order valence-corrected chi connectivity index (χ4v) is 6.21. The van der Waals surface area contributed by atoms with Crippen molar-refractivity contribution in [2.75, 3.05) is 33.2 Å². The summed E-state index contributed by atoms with van der Waals surface area (Å²) in [5.74, 6) is 2.37. The molecule has 0 bridgehead atoms. The molecule has 3 aliphatic rings. The number of hydrogen-bond acceptors (Lipinski definition) is 5. The Kier molecular flexibility index (Phi) is 9.66. The molecule has 1 aromatic heterocycles. The zero-order valence-electron chi connectivity index (χ0n) is 23.6. The van der Waals surface area contributed by atoms with Gasteiger partial charge in [0.1, 0.15) is 17.6 Å².